The smallest absolute Gasteiger partial charge is 0.358 e. The first kappa shape index (κ1) is 14.4. The van der Waals surface area contributed by atoms with Gasteiger partial charge in [-0.15, -0.1) is 5.10 Å². The molecule has 0 aliphatic carbocycles. The van der Waals surface area contributed by atoms with Crippen molar-refractivity contribution < 1.29 is 19.1 Å². The lowest BCUT2D eigenvalue weighted by atomic mass is 10.2. The largest absolute Gasteiger partial charge is 0.476 e. The number of nitrogens with one attached hydrogen (secondary N) is 1. The van der Waals surface area contributed by atoms with Crippen molar-refractivity contribution in [1.29, 1.82) is 0 Å². The van der Waals surface area contributed by atoms with Gasteiger partial charge in [0.1, 0.15) is 5.82 Å². The van der Waals surface area contributed by atoms with Crippen LogP contribution >= 0.6 is 0 Å². The van der Waals surface area contributed by atoms with Gasteiger partial charge in [0.2, 0.25) is 0 Å². The van der Waals surface area contributed by atoms with Gasteiger partial charge in [-0.05, 0) is 18.2 Å². The predicted octanol–water partition coefficient (Wildman–Crippen LogP) is 0.128. The van der Waals surface area contributed by atoms with Gasteiger partial charge in [0, 0.05) is 12.2 Å². The SMILES string of the molecule is Nc1ccc(C(=O)NCCn2cc(C(=O)O)nn2)c(F)c1. The van der Waals surface area contributed by atoms with Gasteiger partial charge in [0.25, 0.3) is 5.91 Å². The van der Waals surface area contributed by atoms with Gasteiger partial charge in [-0.25, -0.2) is 13.9 Å². The van der Waals surface area contributed by atoms with Crippen LogP contribution in [0.3, 0.4) is 0 Å². The fourth-order valence-corrected chi connectivity index (χ4v) is 1.60. The number of rotatable bonds is 5. The number of nitrogen functional groups attached to an aromatic ring is 1. The Hall–Kier alpha value is -2.97. The second-order valence-corrected chi connectivity index (χ2v) is 4.17. The lowest BCUT2D eigenvalue weighted by Gasteiger charge is -2.06. The zero-order valence-corrected chi connectivity index (χ0v) is 10.8. The molecule has 8 nitrogen and oxygen atoms in total. The third kappa shape index (κ3) is 3.53. The molecule has 0 bridgehead atoms. The average Bonchev–Trinajstić information content (AvgIpc) is 2.87. The van der Waals surface area contributed by atoms with Crippen molar-refractivity contribution in [1.82, 2.24) is 20.3 Å². The third-order valence-electron chi connectivity index (χ3n) is 2.62. The molecule has 2 rings (SSSR count). The summed E-state index contributed by atoms with van der Waals surface area (Å²) in [5, 5.41) is 18.2. The van der Waals surface area contributed by atoms with Crippen molar-refractivity contribution in [3.63, 3.8) is 0 Å². The van der Waals surface area contributed by atoms with E-state index in [4.69, 9.17) is 10.8 Å². The van der Waals surface area contributed by atoms with E-state index in [0.717, 1.165) is 6.07 Å². The van der Waals surface area contributed by atoms with Gasteiger partial charge < -0.3 is 16.2 Å². The fraction of sp³-hybridized carbons (Fsp3) is 0.167. The Labute approximate surface area is 118 Å². The topological polar surface area (TPSA) is 123 Å². The minimum Gasteiger partial charge on any atom is -0.476 e. The van der Waals surface area contributed by atoms with Crippen LogP contribution in [0.4, 0.5) is 10.1 Å². The first-order valence-corrected chi connectivity index (χ1v) is 5.94. The first-order valence-electron chi connectivity index (χ1n) is 5.94. The number of carboxylic acids is 1. The van der Waals surface area contributed by atoms with Crippen LogP contribution in [-0.4, -0.2) is 38.5 Å². The molecule has 0 aliphatic rings. The maximum absolute atomic E-state index is 13.5. The number of nitrogens with two attached hydrogens (primary N) is 1. The van der Waals surface area contributed by atoms with E-state index in [0.29, 0.717) is 0 Å². The van der Waals surface area contributed by atoms with E-state index in [2.05, 4.69) is 15.6 Å². The summed E-state index contributed by atoms with van der Waals surface area (Å²) in [6, 6.07) is 3.78. The van der Waals surface area contributed by atoms with Crippen molar-refractivity contribution in [2.75, 3.05) is 12.3 Å². The normalized spacial score (nSPS) is 10.3. The summed E-state index contributed by atoms with van der Waals surface area (Å²) in [7, 11) is 0. The van der Waals surface area contributed by atoms with Gasteiger partial charge in [-0.1, -0.05) is 5.21 Å². The second kappa shape index (κ2) is 5.99. The Bertz CT molecular complexity index is 685. The Morgan fingerprint density at radius 2 is 2.19 bits per heavy atom. The molecule has 0 saturated carbocycles. The highest BCUT2D eigenvalue weighted by atomic mass is 19.1. The summed E-state index contributed by atoms with van der Waals surface area (Å²) in [5.74, 6) is -2.48. The highest BCUT2D eigenvalue weighted by Crippen LogP contribution is 2.11. The summed E-state index contributed by atoms with van der Waals surface area (Å²) < 4.78 is 14.8. The van der Waals surface area contributed by atoms with Gasteiger partial charge in [-0.3, -0.25) is 4.79 Å². The minimum atomic E-state index is -1.19. The highest BCUT2D eigenvalue weighted by Gasteiger charge is 2.12. The molecule has 4 N–H and O–H groups in total. The molecule has 0 aliphatic heterocycles. The number of benzene rings is 1. The van der Waals surface area contributed by atoms with E-state index in [9.17, 15) is 14.0 Å². The predicted molar refractivity (Wildman–Crippen MR) is 70.1 cm³/mol. The average molecular weight is 293 g/mol. The molecule has 0 unspecified atom stereocenters. The molecule has 110 valence electrons. The Kier molecular flexibility index (Phi) is 4.12. The van der Waals surface area contributed by atoms with Gasteiger partial charge >= 0.3 is 5.97 Å². The van der Waals surface area contributed by atoms with Crippen LogP contribution in [0.2, 0.25) is 0 Å². The molecule has 1 amide bonds. The fourth-order valence-electron chi connectivity index (χ4n) is 1.60. The molecule has 0 fully saturated rings. The standard InChI is InChI=1S/C12H12FN5O3/c13-9-5-7(14)1-2-8(9)11(19)15-3-4-18-6-10(12(20)21)16-17-18/h1-2,5-6H,3-4,14H2,(H,15,19)(H,20,21). The van der Waals surface area contributed by atoms with E-state index in [1.54, 1.807) is 0 Å². The van der Waals surface area contributed by atoms with Gasteiger partial charge in [0.15, 0.2) is 5.69 Å². The number of carbonyl (C=O) groups is 2. The summed E-state index contributed by atoms with van der Waals surface area (Å²) in [5.41, 5.74) is 5.32. The summed E-state index contributed by atoms with van der Waals surface area (Å²) >= 11 is 0. The van der Waals surface area contributed by atoms with E-state index < -0.39 is 17.7 Å². The molecule has 9 heteroatoms. The van der Waals surface area contributed by atoms with Crippen LogP contribution in [0.1, 0.15) is 20.8 Å². The highest BCUT2D eigenvalue weighted by molar-refractivity contribution is 5.94. The summed E-state index contributed by atoms with van der Waals surface area (Å²) in [4.78, 5) is 22.4. The van der Waals surface area contributed by atoms with Crippen LogP contribution in [0.5, 0.6) is 0 Å². The summed E-state index contributed by atoms with van der Waals surface area (Å²) in [6.45, 7) is 0.355. The number of nitrogens with zero attached hydrogens (tertiary/aromatic N) is 3. The molecule has 1 heterocycles. The quantitative estimate of drug-likeness (QED) is 0.673. The van der Waals surface area contributed by atoms with E-state index in [-0.39, 0.29) is 30.0 Å². The number of halogens is 1. The minimum absolute atomic E-state index is 0.117. The number of carboxylic acid groups (broad SMARTS) is 1. The van der Waals surface area contributed by atoms with Crippen molar-refractivity contribution in [2.45, 2.75) is 6.54 Å². The molecule has 0 spiro atoms. The molecule has 1 aromatic carbocycles. The molecular weight excluding hydrogens is 281 g/mol. The van der Waals surface area contributed by atoms with Gasteiger partial charge in [-0.2, -0.15) is 0 Å². The molecule has 2 aromatic rings. The second-order valence-electron chi connectivity index (χ2n) is 4.17. The Balaban J connectivity index is 1.90. The Morgan fingerprint density at radius 3 is 2.81 bits per heavy atom. The van der Waals surface area contributed by atoms with E-state index >= 15 is 0 Å². The zero-order valence-electron chi connectivity index (χ0n) is 10.8. The molecule has 21 heavy (non-hydrogen) atoms. The maximum atomic E-state index is 13.5. The zero-order chi connectivity index (χ0) is 15.4. The molecule has 0 atom stereocenters. The number of carbonyl (C=O) groups excluding carboxylic acids is 1. The van der Waals surface area contributed by atoms with Crippen LogP contribution in [0, 0.1) is 5.82 Å². The Morgan fingerprint density at radius 1 is 1.43 bits per heavy atom. The first-order chi connectivity index (χ1) is 9.97. The van der Waals surface area contributed by atoms with Crippen LogP contribution in [0.15, 0.2) is 24.4 Å². The van der Waals surface area contributed by atoms with Crippen LogP contribution in [-0.2, 0) is 6.54 Å². The van der Waals surface area contributed by atoms with Crippen molar-refractivity contribution in [3.8, 4) is 0 Å². The molecular formula is C12H12FN5O3. The number of aromatic carboxylic acids is 1. The number of hydrogen-bond acceptors (Lipinski definition) is 5. The van der Waals surface area contributed by atoms with E-state index in [1.807, 2.05) is 0 Å². The van der Waals surface area contributed by atoms with E-state index in [1.165, 1.54) is 23.0 Å². The number of amides is 1. The van der Waals surface area contributed by atoms with Crippen LogP contribution in [0.25, 0.3) is 0 Å². The van der Waals surface area contributed by atoms with Gasteiger partial charge in [0.05, 0.1) is 18.3 Å². The lowest BCUT2D eigenvalue weighted by molar-refractivity contribution is 0.0690. The monoisotopic (exact) mass is 293 g/mol. The molecule has 1 aromatic heterocycles. The van der Waals surface area contributed by atoms with Crippen molar-refractivity contribution in [2.24, 2.45) is 0 Å². The number of hydrogen-bond donors (Lipinski definition) is 3. The molecule has 0 radical (unpaired) electrons. The van der Waals surface area contributed by atoms with Crippen LogP contribution < -0.4 is 11.1 Å². The lowest BCUT2D eigenvalue weighted by Crippen LogP contribution is -2.28. The number of aromatic nitrogens is 3. The third-order valence-corrected chi connectivity index (χ3v) is 2.62. The maximum Gasteiger partial charge on any atom is 0.358 e. The summed E-state index contributed by atoms with van der Waals surface area (Å²) in [6.07, 6.45) is 1.23. The number of anilines is 1. The molecule has 0 saturated heterocycles. The van der Waals surface area contributed by atoms with Crippen molar-refractivity contribution in [3.05, 3.63) is 41.5 Å². The van der Waals surface area contributed by atoms with Crippen molar-refractivity contribution >= 4 is 17.6 Å².